The van der Waals surface area contributed by atoms with Gasteiger partial charge in [-0.2, -0.15) is 0 Å². The van der Waals surface area contributed by atoms with Crippen LogP contribution in [0.5, 0.6) is 0 Å². The highest BCUT2D eigenvalue weighted by molar-refractivity contribution is 5.80. The van der Waals surface area contributed by atoms with Crippen LogP contribution in [-0.2, 0) is 0 Å². The summed E-state index contributed by atoms with van der Waals surface area (Å²) in [6, 6.07) is 0. The number of nitrogens with one attached hydrogen (secondary N) is 1. The van der Waals surface area contributed by atoms with Gasteiger partial charge in [0.25, 0.3) is 5.96 Å². The van der Waals surface area contributed by atoms with Crippen molar-refractivity contribution in [1.82, 2.24) is 10.2 Å². The van der Waals surface area contributed by atoms with Gasteiger partial charge in [-0.15, -0.1) is 0 Å². The fourth-order valence-electron chi connectivity index (χ4n) is 1.49. The van der Waals surface area contributed by atoms with Gasteiger partial charge in [0.15, 0.2) is 5.03 Å². The van der Waals surface area contributed by atoms with Gasteiger partial charge in [-0.1, -0.05) is 0 Å². The molecule has 0 amide bonds. The summed E-state index contributed by atoms with van der Waals surface area (Å²) < 4.78 is 0. The van der Waals surface area contributed by atoms with E-state index in [2.05, 4.69) is 10.4 Å². The minimum Gasteiger partial charge on any atom is -0.396 e. The molecule has 1 saturated heterocycles. The lowest BCUT2D eigenvalue weighted by atomic mass is 10.0. The summed E-state index contributed by atoms with van der Waals surface area (Å²) in [6.45, 7) is 0.331. The second kappa shape index (κ2) is 4.89. The van der Waals surface area contributed by atoms with Crippen LogP contribution in [0.2, 0.25) is 0 Å². The maximum absolute atomic E-state index is 10.2. The van der Waals surface area contributed by atoms with Crippen molar-refractivity contribution in [2.45, 2.75) is 12.6 Å². The summed E-state index contributed by atoms with van der Waals surface area (Å²) in [5.41, 5.74) is 0. The van der Waals surface area contributed by atoms with E-state index >= 15 is 0 Å². The normalized spacial score (nSPS) is 29.0. The molecule has 3 N–H and O–H groups in total. The van der Waals surface area contributed by atoms with Gasteiger partial charge in [0.1, 0.15) is 11.3 Å². The number of hydrogen-bond acceptors (Lipinski definition) is 4. The first-order valence-electron chi connectivity index (χ1n) is 4.55. The third kappa shape index (κ3) is 2.77. The van der Waals surface area contributed by atoms with Crippen molar-refractivity contribution in [3.63, 3.8) is 0 Å². The number of aliphatic hydroxyl groups excluding tert-OH is 2. The highest BCUT2D eigenvalue weighted by atomic mass is 16.7. The van der Waals surface area contributed by atoms with E-state index in [9.17, 15) is 15.2 Å². The van der Waals surface area contributed by atoms with E-state index < -0.39 is 11.3 Å². The van der Waals surface area contributed by atoms with E-state index in [4.69, 9.17) is 5.11 Å². The quantitative estimate of drug-likeness (QED) is 0.388. The van der Waals surface area contributed by atoms with Gasteiger partial charge in [0.05, 0.1) is 0 Å². The Morgan fingerprint density at radius 1 is 1.80 bits per heavy atom. The molecular formula is C7H14N4O4. The predicted molar refractivity (Wildman–Crippen MR) is 51.4 cm³/mol. The smallest absolute Gasteiger partial charge is 0.273 e. The second-order valence-corrected chi connectivity index (χ2v) is 3.34. The zero-order chi connectivity index (χ0) is 11.4. The predicted octanol–water partition coefficient (Wildman–Crippen LogP) is -1.61. The Morgan fingerprint density at radius 2 is 2.47 bits per heavy atom. The first-order chi connectivity index (χ1) is 7.06. The monoisotopic (exact) mass is 218 g/mol. The summed E-state index contributed by atoms with van der Waals surface area (Å²) in [7, 11) is 1.50. The number of nitrogens with zero attached hydrogens (tertiary/aromatic N) is 3. The standard InChI is InChI=1S/C7H14N4O4/c1-10-6(13)5(2-3-12)4-8-7(10)9-11(14)15/h5-6,12-13H,2-4H2,1H3,(H,8,9). The fraction of sp³-hybridized carbons (Fsp3) is 0.857. The average molecular weight is 218 g/mol. The molecule has 0 spiro atoms. The zero-order valence-corrected chi connectivity index (χ0v) is 8.33. The van der Waals surface area contributed by atoms with Crippen molar-refractivity contribution in [3.05, 3.63) is 10.1 Å². The van der Waals surface area contributed by atoms with Crippen LogP contribution in [0.4, 0.5) is 0 Å². The molecular weight excluding hydrogens is 204 g/mol. The van der Waals surface area contributed by atoms with Crippen LogP contribution >= 0.6 is 0 Å². The lowest BCUT2D eigenvalue weighted by molar-refractivity contribution is -0.486. The molecule has 2 atom stereocenters. The fourth-order valence-corrected chi connectivity index (χ4v) is 1.49. The van der Waals surface area contributed by atoms with Crippen LogP contribution in [0.3, 0.4) is 0 Å². The molecule has 0 bridgehead atoms. The van der Waals surface area contributed by atoms with E-state index in [0.717, 1.165) is 0 Å². The summed E-state index contributed by atoms with van der Waals surface area (Å²) in [5, 5.41) is 33.6. The summed E-state index contributed by atoms with van der Waals surface area (Å²) in [4.78, 5) is 11.4. The molecule has 0 aromatic carbocycles. The van der Waals surface area contributed by atoms with Gasteiger partial charge < -0.3 is 20.4 Å². The van der Waals surface area contributed by atoms with E-state index in [1.165, 1.54) is 11.9 Å². The molecule has 1 heterocycles. The van der Waals surface area contributed by atoms with Gasteiger partial charge in [0.2, 0.25) is 0 Å². The number of rotatable bonds is 3. The van der Waals surface area contributed by atoms with Crippen molar-refractivity contribution in [3.8, 4) is 0 Å². The Kier molecular flexibility index (Phi) is 3.81. The molecule has 0 radical (unpaired) electrons. The van der Waals surface area contributed by atoms with Crippen molar-refractivity contribution in [1.29, 1.82) is 0 Å². The molecule has 2 unspecified atom stereocenters. The third-order valence-electron chi connectivity index (χ3n) is 2.35. The van der Waals surface area contributed by atoms with Crippen LogP contribution in [0.15, 0.2) is 5.10 Å². The molecule has 0 aliphatic carbocycles. The molecule has 0 aromatic rings. The highest BCUT2D eigenvalue weighted by Crippen LogP contribution is 2.15. The second-order valence-electron chi connectivity index (χ2n) is 3.34. The van der Waals surface area contributed by atoms with E-state index in [-0.39, 0.29) is 18.5 Å². The van der Waals surface area contributed by atoms with E-state index in [1.807, 2.05) is 0 Å². The highest BCUT2D eigenvalue weighted by Gasteiger charge is 2.31. The Bertz CT molecular complexity index is 270. The molecule has 8 heteroatoms. The molecule has 1 aliphatic heterocycles. The lowest BCUT2D eigenvalue weighted by Gasteiger charge is -2.36. The van der Waals surface area contributed by atoms with E-state index in [0.29, 0.717) is 13.0 Å². The summed E-state index contributed by atoms with van der Waals surface area (Å²) in [6.07, 6.45) is -0.429. The number of aliphatic hydroxyl groups is 2. The molecule has 1 fully saturated rings. The van der Waals surface area contributed by atoms with Crippen molar-refractivity contribution >= 4 is 5.96 Å². The van der Waals surface area contributed by atoms with Gasteiger partial charge in [0, 0.05) is 26.1 Å². The molecule has 86 valence electrons. The topological polar surface area (TPSA) is 111 Å². The third-order valence-corrected chi connectivity index (χ3v) is 2.35. The van der Waals surface area contributed by atoms with Gasteiger partial charge in [-0.3, -0.25) is 0 Å². The van der Waals surface area contributed by atoms with Crippen molar-refractivity contribution in [2.75, 3.05) is 20.2 Å². The number of hydrogen-bond donors (Lipinski definition) is 3. The molecule has 0 aromatic heterocycles. The number of hydrazone groups is 1. The Hall–Kier alpha value is -1.41. The number of guanidine groups is 1. The molecule has 0 saturated carbocycles. The largest absolute Gasteiger partial charge is 0.396 e. The first kappa shape index (κ1) is 11.7. The van der Waals surface area contributed by atoms with Gasteiger partial charge in [-0.05, 0) is 6.42 Å². The Morgan fingerprint density at radius 3 is 3.00 bits per heavy atom. The van der Waals surface area contributed by atoms with Gasteiger partial charge >= 0.3 is 0 Å². The zero-order valence-electron chi connectivity index (χ0n) is 8.33. The van der Waals surface area contributed by atoms with Crippen LogP contribution in [-0.4, -0.2) is 52.5 Å². The maximum atomic E-state index is 10.2. The average Bonchev–Trinajstić information content (AvgIpc) is 2.17. The summed E-state index contributed by atoms with van der Waals surface area (Å²) in [5.74, 6) is -0.132. The van der Waals surface area contributed by atoms with E-state index in [1.54, 1.807) is 0 Å². The first-order valence-corrected chi connectivity index (χ1v) is 4.55. The Balaban J connectivity index is 2.68. The minimum atomic E-state index is -0.864. The van der Waals surface area contributed by atoms with Crippen LogP contribution in [0, 0.1) is 16.0 Å². The molecule has 1 rings (SSSR count). The van der Waals surface area contributed by atoms with Crippen LogP contribution in [0.1, 0.15) is 6.42 Å². The van der Waals surface area contributed by atoms with Crippen LogP contribution < -0.4 is 5.32 Å². The minimum absolute atomic E-state index is 0.0288. The molecule has 1 aliphatic rings. The molecule has 8 nitrogen and oxygen atoms in total. The lowest BCUT2D eigenvalue weighted by Crippen LogP contribution is -2.56. The number of nitro groups is 1. The van der Waals surface area contributed by atoms with Crippen molar-refractivity contribution < 1.29 is 15.2 Å². The van der Waals surface area contributed by atoms with Crippen LogP contribution in [0.25, 0.3) is 0 Å². The SMILES string of the molecule is CN1C(=N[N+](=O)[O-])NCC(CCO)C1O. The maximum Gasteiger partial charge on any atom is 0.273 e. The van der Waals surface area contributed by atoms with Crippen molar-refractivity contribution in [2.24, 2.45) is 11.0 Å². The Labute approximate surface area is 86.3 Å². The molecule has 15 heavy (non-hydrogen) atoms. The van der Waals surface area contributed by atoms with Gasteiger partial charge in [-0.25, -0.2) is 10.1 Å². The summed E-state index contributed by atoms with van der Waals surface area (Å²) >= 11 is 0.